The fraction of sp³-hybridized carbons (Fsp3) is 0.452. The Balaban J connectivity index is 1.56. The highest BCUT2D eigenvalue weighted by Crippen LogP contribution is 2.76. The van der Waals surface area contributed by atoms with Gasteiger partial charge in [-0.25, -0.2) is 5.06 Å². The molecule has 1 aromatic heterocycles. The number of fused-ring (bicyclic) bond motifs is 10. The van der Waals surface area contributed by atoms with Gasteiger partial charge < -0.3 is 39.1 Å². The average Bonchev–Trinajstić information content (AvgIpc) is 3.68. The SMILES string of the molecule is COc1ccc([C@@]23Oc4c5oc(c4[C@]2(O)[C@H](O)[C@H](C(=O)N(C)OC)[C@H]3c2ccccc2)C2(C)C(O)OC(O)C52C)cc1. The quantitative estimate of drug-likeness (QED) is 0.329. The van der Waals surface area contributed by atoms with Crippen molar-refractivity contribution in [2.45, 2.75) is 60.5 Å². The fourth-order valence-electron chi connectivity index (χ4n) is 7.94. The lowest BCUT2D eigenvalue weighted by molar-refractivity contribution is -0.184. The molecule has 2 aromatic carbocycles. The standard InChI is InChI=1S/C31H33NO10/c1-28-23-20-21(24(40-23)29(28,2)27(36)41-26(28)35)42-31(16-11-13-17(38-4)14-12-16)19(15-9-7-6-8-10-15)18(22(33)30(20,31)37)25(34)32(3)39-5/h6-14,18-19,22,26-27,33,35-37H,1-5H3/t18-,19-,22-,26?,27?,28?,29?,30+,31+/m1/s1. The van der Waals surface area contributed by atoms with Crippen LogP contribution in [-0.4, -0.2) is 71.3 Å². The van der Waals surface area contributed by atoms with Gasteiger partial charge in [-0.3, -0.25) is 9.63 Å². The Hall–Kier alpha value is -3.45. The van der Waals surface area contributed by atoms with Crippen LogP contribution < -0.4 is 9.47 Å². The van der Waals surface area contributed by atoms with E-state index in [1.807, 2.05) is 30.3 Å². The van der Waals surface area contributed by atoms with Crippen molar-refractivity contribution in [2.24, 2.45) is 5.92 Å². The summed E-state index contributed by atoms with van der Waals surface area (Å²) in [5.41, 5.74) is -5.38. The van der Waals surface area contributed by atoms with E-state index >= 15 is 0 Å². The van der Waals surface area contributed by atoms with Gasteiger partial charge in [0.25, 0.3) is 5.91 Å². The van der Waals surface area contributed by atoms with Gasteiger partial charge in [-0.15, -0.1) is 0 Å². The first-order valence-electron chi connectivity index (χ1n) is 13.7. The minimum absolute atomic E-state index is 0.119. The molecule has 2 bridgehead atoms. The van der Waals surface area contributed by atoms with Crippen LogP contribution in [0, 0.1) is 5.92 Å². The lowest BCUT2D eigenvalue weighted by atomic mass is 9.59. The summed E-state index contributed by atoms with van der Waals surface area (Å²) in [4.78, 5) is 19.2. The number of aliphatic hydroxyl groups excluding tert-OH is 3. The summed E-state index contributed by atoms with van der Waals surface area (Å²) in [7, 11) is 4.31. The monoisotopic (exact) mass is 579 g/mol. The molecule has 1 saturated heterocycles. The molecule has 9 atom stereocenters. The van der Waals surface area contributed by atoms with Crippen molar-refractivity contribution in [3.63, 3.8) is 0 Å². The molecule has 42 heavy (non-hydrogen) atoms. The summed E-state index contributed by atoms with van der Waals surface area (Å²) < 4.78 is 24.0. The highest BCUT2D eigenvalue weighted by Gasteiger charge is 2.83. The van der Waals surface area contributed by atoms with E-state index in [4.69, 9.17) is 23.5 Å². The van der Waals surface area contributed by atoms with Crippen molar-refractivity contribution in [3.05, 3.63) is 82.8 Å². The number of benzene rings is 2. The van der Waals surface area contributed by atoms with E-state index in [0.29, 0.717) is 16.9 Å². The molecule has 4 aliphatic rings. The van der Waals surface area contributed by atoms with Gasteiger partial charge in [0, 0.05) is 13.0 Å². The molecule has 1 aliphatic carbocycles. The molecule has 3 aliphatic heterocycles. The molecule has 4 N–H and O–H groups in total. The summed E-state index contributed by atoms with van der Waals surface area (Å²) in [6, 6.07) is 16.0. The first-order chi connectivity index (χ1) is 19.9. The van der Waals surface area contributed by atoms with E-state index in [2.05, 4.69) is 0 Å². The van der Waals surface area contributed by atoms with Gasteiger partial charge >= 0.3 is 0 Å². The van der Waals surface area contributed by atoms with E-state index in [9.17, 15) is 25.2 Å². The maximum atomic E-state index is 14.0. The number of rotatable bonds is 5. The van der Waals surface area contributed by atoms with Gasteiger partial charge in [-0.2, -0.15) is 0 Å². The predicted molar refractivity (Wildman–Crippen MR) is 144 cm³/mol. The molecule has 1 amide bonds. The number of carbonyl (C=O) groups excluding carboxylic acids is 1. The molecular weight excluding hydrogens is 546 g/mol. The first-order valence-corrected chi connectivity index (χ1v) is 13.7. The van der Waals surface area contributed by atoms with Gasteiger partial charge in [0.1, 0.15) is 17.6 Å². The Morgan fingerprint density at radius 3 is 2.14 bits per heavy atom. The van der Waals surface area contributed by atoms with Crippen molar-refractivity contribution in [1.82, 2.24) is 5.06 Å². The van der Waals surface area contributed by atoms with Crippen LogP contribution in [0.2, 0.25) is 0 Å². The number of hydrogen-bond acceptors (Lipinski definition) is 10. The van der Waals surface area contributed by atoms with E-state index in [0.717, 1.165) is 5.06 Å². The molecular formula is C31H33NO10. The van der Waals surface area contributed by atoms with Gasteiger partial charge in [-0.05, 0) is 37.1 Å². The van der Waals surface area contributed by atoms with E-state index in [1.54, 1.807) is 38.1 Å². The van der Waals surface area contributed by atoms with Crippen molar-refractivity contribution in [2.75, 3.05) is 21.3 Å². The number of amides is 1. The van der Waals surface area contributed by atoms with E-state index < -0.39 is 58.5 Å². The van der Waals surface area contributed by atoms with E-state index in [1.165, 1.54) is 21.3 Å². The van der Waals surface area contributed by atoms with E-state index in [-0.39, 0.29) is 22.8 Å². The number of furan rings is 1. The van der Waals surface area contributed by atoms with Crippen LogP contribution in [0.3, 0.4) is 0 Å². The largest absolute Gasteiger partial charge is 0.497 e. The molecule has 2 fully saturated rings. The Kier molecular flexibility index (Phi) is 5.58. The van der Waals surface area contributed by atoms with Gasteiger partial charge in [0.2, 0.25) is 0 Å². The number of nitrogens with zero attached hydrogens (tertiary/aromatic N) is 1. The molecule has 0 spiro atoms. The van der Waals surface area contributed by atoms with Gasteiger partial charge in [0.05, 0.1) is 36.5 Å². The summed E-state index contributed by atoms with van der Waals surface area (Å²) >= 11 is 0. The Morgan fingerprint density at radius 2 is 1.55 bits per heavy atom. The lowest BCUT2D eigenvalue weighted by Crippen LogP contribution is -2.54. The zero-order valence-corrected chi connectivity index (χ0v) is 23.8. The second-order valence-electron chi connectivity index (χ2n) is 11.9. The molecule has 222 valence electrons. The summed E-state index contributed by atoms with van der Waals surface area (Å²) in [6.07, 6.45) is -4.65. The third-order valence-electron chi connectivity index (χ3n) is 10.5. The molecule has 4 unspecified atom stereocenters. The van der Waals surface area contributed by atoms with Crippen LogP contribution in [0.5, 0.6) is 11.5 Å². The summed E-state index contributed by atoms with van der Waals surface area (Å²) in [6.45, 7) is 3.38. The van der Waals surface area contributed by atoms with Crippen molar-refractivity contribution in [3.8, 4) is 11.5 Å². The number of aliphatic hydroxyl groups is 4. The van der Waals surface area contributed by atoms with Crippen LogP contribution in [0.15, 0.2) is 59.0 Å². The molecule has 11 nitrogen and oxygen atoms in total. The third kappa shape index (κ3) is 2.75. The first kappa shape index (κ1) is 27.4. The molecule has 4 heterocycles. The van der Waals surface area contributed by atoms with Crippen molar-refractivity contribution >= 4 is 5.91 Å². The fourth-order valence-corrected chi connectivity index (χ4v) is 7.94. The number of hydroxylamine groups is 2. The van der Waals surface area contributed by atoms with Crippen molar-refractivity contribution in [1.29, 1.82) is 0 Å². The molecule has 11 heteroatoms. The second kappa shape index (κ2) is 8.56. The maximum absolute atomic E-state index is 14.0. The van der Waals surface area contributed by atoms with Crippen LogP contribution >= 0.6 is 0 Å². The lowest BCUT2D eigenvalue weighted by Gasteiger charge is -2.41. The summed E-state index contributed by atoms with van der Waals surface area (Å²) in [5.74, 6) is -1.73. The number of ether oxygens (including phenoxy) is 3. The topological polar surface area (TPSA) is 151 Å². The van der Waals surface area contributed by atoms with Crippen LogP contribution in [0.4, 0.5) is 0 Å². The minimum atomic E-state index is -2.26. The predicted octanol–water partition coefficient (Wildman–Crippen LogP) is 1.75. The maximum Gasteiger partial charge on any atom is 0.252 e. The highest BCUT2D eigenvalue weighted by atomic mass is 16.7. The van der Waals surface area contributed by atoms with Gasteiger partial charge in [-0.1, -0.05) is 42.5 Å². The highest BCUT2D eigenvalue weighted by molar-refractivity contribution is 5.82. The minimum Gasteiger partial charge on any atom is -0.497 e. The average molecular weight is 580 g/mol. The Labute approximate surface area is 241 Å². The smallest absolute Gasteiger partial charge is 0.252 e. The van der Waals surface area contributed by atoms with Crippen molar-refractivity contribution < 1.29 is 48.7 Å². The Bertz CT molecular complexity index is 1570. The summed E-state index contributed by atoms with van der Waals surface area (Å²) in [5, 5.41) is 48.4. The zero-order chi connectivity index (χ0) is 30.0. The van der Waals surface area contributed by atoms with Crippen LogP contribution in [-0.2, 0) is 36.4 Å². The van der Waals surface area contributed by atoms with Crippen LogP contribution in [0.1, 0.15) is 48.0 Å². The number of carbonyl (C=O) groups is 1. The number of hydrogen-bond donors (Lipinski definition) is 4. The zero-order valence-electron chi connectivity index (χ0n) is 23.8. The van der Waals surface area contributed by atoms with Crippen LogP contribution in [0.25, 0.3) is 0 Å². The third-order valence-corrected chi connectivity index (χ3v) is 10.5. The molecule has 3 aromatic rings. The van der Waals surface area contributed by atoms with Gasteiger partial charge in [0.15, 0.2) is 35.3 Å². The molecule has 0 radical (unpaired) electrons. The molecule has 7 rings (SSSR count). The number of methoxy groups -OCH3 is 1. The molecule has 1 saturated carbocycles. The Morgan fingerprint density at radius 1 is 0.929 bits per heavy atom. The normalized spacial score (nSPS) is 39.0. The second-order valence-corrected chi connectivity index (χ2v) is 11.9.